The first-order chi connectivity index (χ1) is 15.4. The monoisotopic (exact) mass is 443 g/mol. The Kier molecular flexibility index (Phi) is 6.07. The van der Waals surface area contributed by atoms with E-state index in [9.17, 15) is 13.2 Å². The molecule has 2 aromatic heterocycles. The van der Waals surface area contributed by atoms with Crippen LogP contribution in [0.2, 0.25) is 0 Å². The highest BCUT2D eigenvalue weighted by molar-refractivity contribution is 5.93. The van der Waals surface area contributed by atoms with E-state index in [1.165, 1.54) is 30.7 Å². The molecule has 1 N–H and O–H groups in total. The van der Waals surface area contributed by atoms with Gasteiger partial charge in [-0.3, -0.25) is 0 Å². The zero-order chi connectivity index (χ0) is 22.7. The van der Waals surface area contributed by atoms with Crippen LogP contribution in [0.25, 0.3) is 16.7 Å². The molecule has 1 aromatic carbocycles. The van der Waals surface area contributed by atoms with Gasteiger partial charge in [0.1, 0.15) is 5.75 Å². The first-order valence-corrected chi connectivity index (χ1v) is 10.4. The van der Waals surface area contributed by atoms with Gasteiger partial charge in [0.05, 0.1) is 29.0 Å². The number of rotatable bonds is 7. The van der Waals surface area contributed by atoms with Gasteiger partial charge >= 0.3 is 6.36 Å². The summed E-state index contributed by atoms with van der Waals surface area (Å²) in [6.45, 7) is 9.93. The number of benzene rings is 1. The summed E-state index contributed by atoms with van der Waals surface area (Å²) in [7, 11) is 0. The lowest BCUT2D eigenvalue weighted by molar-refractivity contribution is -0.274. The summed E-state index contributed by atoms with van der Waals surface area (Å²) >= 11 is 0. The van der Waals surface area contributed by atoms with Gasteiger partial charge in [-0.2, -0.15) is 5.10 Å². The molecule has 0 unspecified atom stereocenters. The number of ether oxygens (including phenoxy) is 1. The number of pyridine rings is 1. The van der Waals surface area contributed by atoms with Crippen LogP contribution in [-0.4, -0.2) is 34.2 Å². The maximum atomic E-state index is 12.5. The molecular formula is C23H24F3N5O. The Hall–Kier alpha value is -3.49. The maximum absolute atomic E-state index is 12.5. The van der Waals surface area contributed by atoms with Crippen LogP contribution in [0.4, 0.5) is 18.9 Å². The summed E-state index contributed by atoms with van der Waals surface area (Å²) in [5.74, 6) is -0.288. The molecule has 3 aromatic rings. The molecule has 0 bridgehead atoms. The summed E-state index contributed by atoms with van der Waals surface area (Å²) < 4.78 is 43.1. The van der Waals surface area contributed by atoms with E-state index in [0.29, 0.717) is 23.6 Å². The SMILES string of the molecule is C=CC(=C)NCc1nn(-c2ccc(OC(F)(F)F)cc2)c2nccc(N3CCCCC3)c12. The molecule has 4 rings (SSSR count). The number of hydrogen-bond donors (Lipinski definition) is 1. The van der Waals surface area contributed by atoms with Gasteiger partial charge in [0.2, 0.25) is 0 Å². The molecule has 1 saturated heterocycles. The third kappa shape index (κ3) is 4.71. The second kappa shape index (κ2) is 8.94. The quantitative estimate of drug-likeness (QED) is 0.515. The average molecular weight is 443 g/mol. The number of hydrogen-bond acceptors (Lipinski definition) is 5. The van der Waals surface area contributed by atoms with Crippen molar-refractivity contribution in [2.24, 2.45) is 0 Å². The largest absolute Gasteiger partial charge is 0.573 e. The first-order valence-electron chi connectivity index (χ1n) is 10.4. The second-order valence-electron chi connectivity index (χ2n) is 7.56. The standard InChI is InChI=1S/C23H24F3N5O/c1-3-16(2)28-15-19-21-20(30-13-5-4-6-14-30)11-12-27-22(21)31(29-19)17-7-9-18(10-8-17)32-23(24,25)26/h3,7-12,28H,1-2,4-6,13-15H2. The topological polar surface area (TPSA) is 55.2 Å². The summed E-state index contributed by atoms with van der Waals surface area (Å²) in [6.07, 6.45) is 2.09. The van der Waals surface area contributed by atoms with Crippen LogP contribution >= 0.6 is 0 Å². The van der Waals surface area contributed by atoms with Crippen molar-refractivity contribution in [1.29, 1.82) is 0 Å². The third-order valence-electron chi connectivity index (χ3n) is 5.36. The van der Waals surface area contributed by atoms with E-state index in [1.807, 2.05) is 6.07 Å². The highest BCUT2D eigenvalue weighted by Crippen LogP contribution is 2.32. The van der Waals surface area contributed by atoms with Gasteiger partial charge in [0.15, 0.2) is 5.65 Å². The molecule has 32 heavy (non-hydrogen) atoms. The maximum Gasteiger partial charge on any atom is 0.573 e. The van der Waals surface area contributed by atoms with Crippen molar-refractivity contribution >= 4 is 16.7 Å². The van der Waals surface area contributed by atoms with E-state index in [4.69, 9.17) is 5.10 Å². The molecule has 0 atom stereocenters. The lowest BCUT2D eigenvalue weighted by atomic mass is 10.1. The van der Waals surface area contributed by atoms with E-state index >= 15 is 0 Å². The minimum atomic E-state index is -4.74. The normalized spacial score (nSPS) is 14.4. The molecule has 6 nitrogen and oxygen atoms in total. The highest BCUT2D eigenvalue weighted by Gasteiger charge is 2.31. The van der Waals surface area contributed by atoms with Crippen molar-refractivity contribution in [1.82, 2.24) is 20.1 Å². The Bertz CT molecular complexity index is 1120. The molecule has 1 fully saturated rings. The highest BCUT2D eigenvalue weighted by atomic mass is 19.4. The van der Waals surface area contributed by atoms with Crippen molar-refractivity contribution in [3.63, 3.8) is 0 Å². The Morgan fingerprint density at radius 1 is 1.12 bits per heavy atom. The number of aromatic nitrogens is 3. The Morgan fingerprint density at radius 2 is 1.84 bits per heavy atom. The lowest BCUT2D eigenvalue weighted by Gasteiger charge is -2.29. The van der Waals surface area contributed by atoms with Crippen LogP contribution < -0.4 is 15.0 Å². The fourth-order valence-corrected chi connectivity index (χ4v) is 3.86. The summed E-state index contributed by atoms with van der Waals surface area (Å²) in [5.41, 5.74) is 3.72. The van der Waals surface area contributed by atoms with E-state index in [2.05, 4.69) is 33.1 Å². The summed E-state index contributed by atoms with van der Waals surface area (Å²) in [6, 6.07) is 7.58. The molecule has 0 aliphatic carbocycles. The zero-order valence-electron chi connectivity index (χ0n) is 17.5. The number of anilines is 1. The van der Waals surface area contributed by atoms with E-state index in [1.54, 1.807) is 17.0 Å². The average Bonchev–Trinajstić information content (AvgIpc) is 3.16. The van der Waals surface area contributed by atoms with Gasteiger partial charge in [0, 0.05) is 25.0 Å². The van der Waals surface area contributed by atoms with Gasteiger partial charge < -0.3 is 15.0 Å². The summed E-state index contributed by atoms with van der Waals surface area (Å²) in [5, 5.41) is 8.85. The van der Waals surface area contributed by atoms with Crippen molar-refractivity contribution in [3.8, 4) is 11.4 Å². The number of fused-ring (bicyclic) bond motifs is 1. The van der Waals surface area contributed by atoms with Crippen LogP contribution in [0.3, 0.4) is 0 Å². The number of alkyl halides is 3. The molecular weight excluding hydrogens is 419 g/mol. The van der Waals surface area contributed by atoms with Gasteiger partial charge in [-0.05, 0) is 55.7 Å². The minimum absolute atomic E-state index is 0.288. The number of nitrogens with one attached hydrogen (secondary N) is 1. The molecule has 3 heterocycles. The van der Waals surface area contributed by atoms with E-state index in [-0.39, 0.29) is 5.75 Å². The van der Waals surface area contributed by atoms with Crippen LogP contribution in [0.15, 0.2) is 61.5 Å². The van der Waals surface area contributed by atoms with Crippen molar-refractivity contribution in [2.45, 2.75) is 32.2 Å². The predicted molar refractivity (Wildman–Crippen MR) is 118 cm³/mol. The van der Waals surface area contributed by atoms with Gasteiger partial charge in [-0.1, -0.05) is 13.2 Å². The van der Waals surface area contributed by atoms with Crippen molar-refractivity contribution < 1.29 is 17.9 Å². The molecule has 168 valence electrons. The molecule has 9 heteroatoms. The van der Waals surface area contributed by atoms with Gasteiger partial charge in [-0.15, -0.1) is 13.2 Å². The van der Waals surface area contributed by atoms with Crippen LogP contribution in [0.5, 0.6) is 5.75 Å². The molecule has 0 spiro atoms. The predicted octanol–water partition coefficient (Wildman–Crippen LogP) is 5.10. The van der Waals surface area contributed by atoms with Crippen LogP contribution in [-0.2, 0) is 6.54 Å². The minimum Gasteiger partial charge on any atom is -0.406 e. The first kappa shape index (κ1) is 21.7. The van der Waals surface area contributed by atoms with Crippen molar-refractivity contribution in [3.05, 3.63) is 67.2 Å². The van der Waals surface area contributed by atoms with Crippen molar-refractivity contribution in [2.75, 3.05) is 18.0 Å². The second-order valence-corrected chi connectivity index (χ2v) is 7.56. The molecule has 1 aliphatic rings. The molecule has 0 amide bonds. The lowest BCUT2D eigenvalue weighted by Crippen LogP contribution is -2.29. The van der Waals surface area contributed by atoms with Gasteiger partial charge in [0.25, 0.3) is 0 Å². The third-order valence-corrected chi connectivity index (χ3v) is 5.36. The zero-order valence-corrected chi connectivity index (χ0v) is 17.5. The molecule has 0 saturated carbocycles. The fourth-order valence-electron chi connectivity index (χ4n) is 3.86. The Balaban J connectivity index is 1.77. The molecule has 0 radical (unpaired) electrons. The van der Waals surface area contributed by atoms with Crippen LogP contribution in [0.1, 0.15) is 25.0 Å². The number of allylic oxidation sites excluding steroid dienone is 1. The smallest absolute Gasteiger partial charge is 0.406 e. The number of nitrogens with zero attached hydrogens (tertiary/aromatic N) is 4. The number of piperidine rings is 1. The molecule has 1 aliphatic heterocycles. The van der Waals surface area contributed by atoms with Gasteiger partial charge in [-0.25, -0.2) is 9.67 Å². The fraction of sp³-hybridized carbons (Fsp3) is 0.304. The summed E-state index contributed by atoms with van der Waals surface area (Å²) in [4.78, 5) is 6.89. The Labute approximate surface area is 184 Å². The van der Waals surface area contributed by atoms with Crippen LogP contribution in [0, 0.1) is 0 Å². The number of halogens is 3. The Morgan fingerprint density at radius 3 is 2.50 bits per heavy atom. The van der Waals surface area contributed by atoms with E-state index < -0.39 is 6.36 Å². The van der Waals surface area contributed by atoms with E-state index in [0.717, 1.165) is 42.7 Å².